The molecule has 0 aromatic heterocycles. The maximum absolute atomic E-state index is 11.5. The van der Waals surface area contributed by atoms with Crippen molar-refractivity contribution in [2.45, 2.75) is 26.9 Å². The average molecular weight is 198 g/mol. The predicted molar refractivity (Wildman–Crippen MR) is 49.4 cm³/mol. The van der Waals surface area contributed by atoms with Crippen molar-refractivity contribution in [3.63, 3.8) is 0 Å². The highest BCUT2D eigenvalue weighted by atomic mass is 16.6. The molecule has 0 aromatic carbocycles. The quantitative estimate of drug-likeness (QED) is 0.622. The summed E-state index contributed by atoms with van der Waals surface area (Å²) in [4.78, 5) is 22.4. The van der Waals surface area contributed by atoms with Gasteiger partial charge in [-0.1, -0.05) is 0 Å². The molecule has 0 saturated carbocycles. The number of carbonyl (C=O) groups is 2. The maximum atomic E-state index is 11.5. The van der Waals surface area contributed by atoms with Gasteiger partial charge in [-0.05, 0) is 26.3 Å². The summed E-state index contributed by atoms with van der Waals surface area (Å²) in [6.07, 6.45) is 0.897. The Bertz CT molecular complexity index is 280. The minimum absolute atomic E-state index is 0.332. The van der Waals surface area contributed by atoms with Crippen molar-refractivity contribution in [2.75, 3.05) is 6.61 Å². The molecule has 0 N–H and O–H groups in total. The molecule has 0 aliphatic carbocycles. The summed E-state index contributed by atoms with van der Waals surface area (Å²) in [6.45, 7) is 5.51. The van der Waals surface area contributed by atoms with Crippen molar-refractivity contribution in [3.8, 4) is 0 Å². The Morgan fingerprint density at radius 2 is 2.29 bits per heavy atom. The van der Waals surface area contributed by atoms with Crippen molar-refractivity contribution in [3.05, 3.63) is 11.6 Å². The molecule has 0 fully saturated rings. The zero-order valence-corrected chi connectivity index (χ0v) is 8.57. The minimum atomic E-state index is -0.451. The highest BCUT2D eigenvalue weighted by Crippen LogP contribution is 2.23. The highest BCUT2D eigenvalue weighted by Gasteiger charge is 2.34. The van der Waals surface area contributed by atoms with Gasteiger partial charge in [0.05, 0.1) is 6.61 Å². The van der Waals surface area contributed by atoms with Crippen molar-refractivity contribution in [1.82, 2.24) is 0 Å². The lowest BCUT2D eigenvalue weighted by Gasteiger charge is -2.26. The molecule has 0 bridgehead atoms. The Hall–Kier alpha value is -1.32. The molecule has 2 unspecified atom stereocenters. The van der Waals surface area contributed by atoms with Gasteiger partial charge in [0.1, 0.15) is 12.0 Å². The SMILES string of the molecule is CCOC(=O)C1C(C)=CC(=O)OC1C. The summed E-state index contributed by atoms with van der Waals surface area (Å²) >= 11 is 0. The number of ether oxygens (including phenoxy) is 2. The molecular weight excluding hydrogens is 184 g/mol. The summed E-state index contributed by atoms with van der Waals surface area (Å²) in [7, 11) is 0. The van der Waals surface area contributed by atoms with Crippen LogP contribution in [0.4, 0.5) is 0 Å². The number of rotatable bonds is 2. The molecule has 0 spiro atoms. The second-order valence-electron chi connectivity index (χ2n) is 3.26. The van der Waals surface area contributed by atoms with E-state index in [9.17, 15) is 9.59 Å². The van der Waals surface area contributed by atoms with Gasteiger partial charge in [0.25, 0.3) is 0 Å². The summed E-state index contributed by atoms with van der Waals surface area (Å²) in [5.41, 5.74) is 0.701. The van der Waals surface area contributed by atoms with Crippen LogP contribution >= 0.6 is 0 Å². The van der Waals surface area contributed by atoms with Gasteiger partial charge in [0.15, 0.2) is 0 Å². The normalized spacial score (nSPS) is 26.5. The molecule has 0 amide bonds. The van der Waals surface area contributed by atoms with E-state index in [0.717, 1.165) is 0 Å². The monoisotopic (exact) mass is 198 g/mol. The smallest absolute Gasteiger partial charge is 0.331 e. The molecule has 1 aliphatic rings. The minimum Gasteiger partial charge on any atom is -0.465 e. The number of cyclic esters (lactones) is 1. The molecule has 0 radical (unpaired) electrons. The first-order valence-electron chi connectivity index (χ1n) is 4.61. The molecule has 0 saturated heterocycles. The molecule has 2 atom stereocenters. The van der Waals surface area contributed by atoms with Gasteiger partial charge in [0, 0.05) is 6.08 Å². The Balaban J connectivity index is 2.81. The number of esters is 2. The van der Waals surface area contributed by atoms with Crippen LogP contribution in [0.2, 0.25) is 0 Å². The molecular formula is C10H14O4. The van der Waals surface area contributed by atoms with E-state index in [1.165, 1.54) is 6.08 Å². The average Bonchev–Trinajstić information content (AvgIpc) is 2.01. The molecule has 4 nitrogen and oxygen atoms in total. The van der Waals surface area contributed by atoms with Crippen LogP contribution in [0.3, 0.4) is 0 Å². The number of hydrogen-bond acceptors (Lipinski definition) is 4. The van der Waals surface area contributed by atoms with Crippen LogP contribution in [0.1, 0.15) is 20.8 Å². The summed E-state index contributed by atoms with van der Waals surface area (Å²) in [5, 5.41) is 0. The van der Waals surface area contributed by atoms with E-state index in [4.69, 9.17) is 9.47 Å². The molecule has 14 heavy (non-hydrogen) atoms. The van der Waals surface area contributed by atoms with Gasteiger partial charge in [-0.25, -0.2) is 4.79 Å². The zero-order valence-electron chi connectivity index (χ0n) is 8.57. The Morgan fingerprint density at radius 1 is 1.64 bits per heavy atom. The lowest BCUT2D eigenvalue weighted by Crippen LogP contribution is -2.35. The van der Waals surface area contributed by atoms with Crippen LogP contribution < -0.4 is 0 Å². The fourth-order valence-corrected chi connectivity index (χ4v) is 1.54. The third-order valence-corrected chi connectivity index (χ3v) is 2.15. The van der Waals surface area contributed by atoms with E-state index < -0.39 is 18.0 Å². The van der Waals surface area contributed by atoms with Gasteiger partial charge in [-0.3, -0.25) is 4.79 Å². The summed E-state index contributed by atoms with van der Waals surface area (Å²) < 4.78 is 9.81. The third kappa shape index (κ3) is 2.13. The van der Waals surface area contributed by atoms with E-state index in [1.807, 2.05) is 0 Å². The summed E-state index contributed by atoms with van der Waals surface area (Å²) in [6, 6.07) is 0. The van der Waals surface area contributed by atoms with Crippen molar-refractivity contribution in [2.24, 2.45) is 5.92 Å². The fourth-order valence-electron chi connectivity index (χ4n) is 1.54. The Labute approximate surface area is 82.9 Å². The summed E-state index contributed by atoms with van der Waals surface area (Å²) in [5.74, 6) is -1.18. The van der Waals surface area contributed by atoms with Crippen LogP contribution in [-0.2, 0) is 19.1 Å². The van der Waals surface area contributed by atoms with E-state index in [-0.39, 0.29) is 5.97 Å². The van der Waals surface area contributed by atoms with Crippen LogP contribution in [0, 0.1) is 5.92 Å². The molecule has 78 valence electrons. The highest BCUT2D eigenvalue weighted by molar-refractivity contribution is 5.88. The van der Waals surface area contributed by atoms with Crippen LogP contribution in [0.5, 0.6) is 0 Å². The lowest BCUT2D eigenvalue weighted by molar-refractivity contribution is -0.157. The van der Waals surface area contributed by atoms with Gasteiger partial charge in [0.2, 0.25) is 0 Å². The largest absolute Gasteiger partial charge is 0.465 e. The van der Waals surface area contributed by atoms with Gasteiger partial charge in [-0.2, -0.15) is 0 Å². The van der Waals surface area contributed by atoms with E-state index >= 15 is 0 Å². The first kappa shape index (κ1) is 10.8. The van der Waals surface area contributed by atoms with Gasteiger partial charge in [-0.15, -0.1) is 0 Å². The number of hydrogen-bond donors (Lipinski definition) is 0. The van der Waals surface area contributed by atoms with E-state index in [1.54, 1.807) is 20.8 Å². The second kappa shape index (κ2) is 4.26. The first-order chi connectivity index (χ1) is 6.56. The molecule has 0 aromatic rings. The van der Waals surface area contributed by atoms with E-state index in [0.29, 0.717) is 12.2 Å². The van der Waals surface area contributed by atoms with Crippen LogP contribution in [0.25, 0.3) is 0 Å². The first-order valence-corrected chi connectivity index (χ1v) is 4.61. The van der Waals surface area contributed by atoms with Crippen molar-refractivity contribution in [1.29, 1.82) is 0 Å². The third-order valence-electron chi connectivity index (χ3n) is 2.15. The number of carbonyl (C=O) groups excluding carboxylic acids is 2. The molecule has 4 heteroatoms. The fraction of sp³-hybridized carbons (Fsp3) is 0.600. The molecule has 1 aliphatic heterocycles. The standard InChI is InChI=1S/C10H14O4/c1-4-13-10(12)9-6(2)5-8(11)14-7(9)3/h5,7,9H,4H2,1-3H3. The van der Waals surface area contributed by atoms with Gasteiger partial charge < -0.3 is 9.47 Å². The molecule has 1 rings (SSSR count). The van der Waals surface area contributed by atoms with Crippen LogP contribution in [-0.4, -0.2) is 24.6 Å². The topological polar surface area (TPSA) is 52.6 Å². The predicted octanol–water partition coefficient (Wildman–Crippen LogP) is 1.06. The zero-order chi connectivity index (χ0) is 10.7. The van der Waals surface area contributed by atoms with Gasteiger partial charge >= 0.3 is 11.9 Å². The molecule has 1 heterocycles. The van der Waals surface area contributed by atoms with Crippen LogP contribution in [0.15, 0.2) is 11.6 Å². The maximum Gasteiger partial charge on any atom is 0.331 e. The van der Waals surface area contributed by atoms with Crippen molar-refractivity contribution >= 4 is 11.9 Å². The Kier molecular flexibility index (Phi) is 3.28. The second-order valence-corrected chi connectivity index (χ2v) is 3.26. The van der Waals surface area contributed by atoms with Crippen molar-refractivity contribution < 1.29 is 19.1 Å². The lowest BCUT2D eigenvalue weighted by atomic mass is 9.93. The van der Waals surface area contributed by atoms with E-state index in [2.05, 4.69) is 0 Å². The Morgan fingerprint density at radius 3 is 2.79 bits per heavy atom.